The van der Waals surface area contributed by atoms with Gasteiger partial charge in [-0.1, -0.05) is 13.8 Å². The van der Waals surface area contributed by atoms with E-state index in [1.165, 1.54) is 19.3 Å². The lowest BCUT2D eigenvalue weighted by atomic mass is 9.79. The zero-order valence-electron chi connectivity index (χ0n) is 11.0. The van der Waals surface area contributed by atoms with E-state index < -0.39 is 0 Å². The van der Waals surface area contributed by atoms with Crippen molar-refractivity contribution >= 4 is 11.5 Å². The first-order valence-corrected chi connectivity index (χ1v) is 6.79. The Bertz CT molecular complexity index is 533. The van der Waals surface area contributed by atoms with Crippen LogP contribution in [0.15, 0.2) is 24.5 Å². The fourth-order valence-electron chi connectivity index (χ4n) is 2.78. The van der Waals surface area contributed by atoms with Gasteiger partial charge in [-0.2, -0.15) is 5.10 Å². The lowest BCUT2D eigenvalue weighted by Gasteiger charge is -2.32. The van der Waals surface area contributed by atoms with Crippen molar-refractivity contribution in [2.24, 2.45) is 11.8 Å². The molecule has 3 atom stereocenters. The maximum absolute atomic E-state index is 4.56. The second kappa shape index (κ2) is 4.59. The van der Waals surface area contributed by atoms with Crippen LogP contribution in [0.1, 0.15) is 33.1 Å². The zero-order chi connectivity index (χ0) is 12.5. The van der Waals surface area contributed by atoms with Crippen LogP contribution in [0.5, 0.6) is 0 Å². The molecule has 1 saturated carbocycles. The summed E-state index contributed by atoms with van der Waals surface area (Å²) in [6.45, 7) is 4.71. The summed E-state index contributed by atoms with van der Waals surface area (Å²) in [5.74, 6) is 2.62. The summed E-state index contributed by atoms with van der Waals surface area (Å²) in [7, 11) is 0. The van der Waals surface area contributed by atoms with Gasteiger partial charge in [-0.15, -0.1) is 0 Å². The standard InChI is InChI=1S/C14H20N4/c1-10-3-4-12(9-11(10)2)16-13-6-8-18-14(17-13)5-7-15-18/h5-8,10-12H,3-4,9H2,1-2H3,(H,16,17). The molecule has 0 aromatic carbocycles. The van der Waals surface area contributed by atoms with E-state index >= 15 is 0 Å². The Labute approximate surface area is 107 Å². The minimum absolute atomic E-state index is 0.564. The van der Waals surface area contributed by atoms with Crippen LogP contribution >= 0.6 is 0 Å². The van der Waals surface area contributed by atoms with Crippen LogP contribution in [0, 0.1) is 11.8 Å². The average molecular weight is 244 g/mol. The molecule has 0 amide bonds. The van der Waals surface area contributed by atoms with E-state index in [4.69, 9.17) is 0 Å². The molecule has 1 fully saturated rings. The van der Waals surface area contributed by atoms with Crippen molar-refractivity contribution in [3.05, 3.63) is 24.5 Å². The third kappa shape index (κ3) is 2.19. The minimum atomic E-state index is 0.564. The smallest absolute Gasteiger partial charge is 0.157 e. The van der Waals surface area contributed by atoms with Gasteiger partial charge < -0.3 is 5.32 Å². The first kappa shape index (κ1) is 11.5. The Morgan fingerprint density at radius 1 is 1.22 bits per heavy atom. The van der Waals surface area contributed by atoms with Crippen molar-refractivity contribution in [2.45, 2.75) is 39.2 Å². The van der Waals surface area contributed by atoms with Gasteiger partial charge >= 0.3 is 0 Å². The lowest BCUT2D eigenvalue weighted by Crippen LogP contribution is -2.30. The topological polar surface area (TPSA) is 42.2 Å². The van der Waals surface area contributed by atoms with Gasteiger partial charge in [-0.3, -0.25) is 0 Å². The van der Waals surface area contributed by atoms with Crippen molar-refractivity contribution < 1.29 is 0 Å². The highest BCUT2D eigenvalue weighted by Crippen LogP contribution is 2.30. The van der Waals surface area contributed by atoms with E-state index in [1.54, 1.807) is 10.7 Å². The van der Waals surface area contributed by atoms with Gasteiger partial charge in [0.15, 0.2) is 5.65 Å². The molecule has 2 aromatic heterocycles. The molecule has 0 bridgehead atoms. The van der Waals surface area contributed by atoms with Gasteiger partial charge in [-0.05, 0) is 37.2 Å². The second-order valence-corrected chi connectivity index (χ2v) is 5.56. The number of aromatic nitrogens is 3. The first-order chi connectivity index (χ1) is 8.72. The molecule has 1 aliphatic carbocycles. The largest absolute Gasteiger partial charge is 0.367 e. The Kier molecular flexibility index (Phi) is 2.94. The fraction of sp³-hybridized carbons (Fsp3) is 0.571. The third-order valence-corrected chi connectivity index (χ3v) is 4.21. The lowest BCUT2D eigenvalue weighted by molar-refractivity contribution is 0.260. The molecule has 96 valence electrons. The van der Waals surface area contributed by atoms with Gasteiger partial charge in [0.2, 0.25) is 0 Å². The molecule has 1 aliphatic rings. The predicted molar refractivity (Wildman–Crippen MR) is 72.6 cm³/mol. The number of hydrogen-bond donors (Lipinski definition) is 1. The van der Waals surface area contributed by atoms with Crippen molar-refractivity contribution in [3.8, 4) is 0 Å². The summed E-state index contributed by atoms with van der Waals surface area (Å²) < 4.78 is 1.79. The molecule has 0 spiro atoms. The third-order valence-electron chi connectivity index (χ3n) is 4.21. The van der Waals surface area contributed by atoms with Crippen molar-refractivity contribution in [1.29, 1.82) is 0 Å². The van der Waals surface area contributed by atoms with Gasteiger partial charge in [-0.25, -0.2) is 9.50 Å². The maximum atomic E-state index is 4.56. The molecule has 2 heterocycles. The molecular formula is C14H20N4. The molecule has 3 rings (SSSR count). The molecule has 3 unspecified atom stereocenters. The minimum Gasteiger partial charge on any atom is -0.367 e. The Hall–Kier alpha value is -1.58. The van der Waals surface area contributed by atoms with Gasteiger partial charge in [0, 0.05) is 18.3 Å². The van der Waals surface area contributed by atoms with E-state index in [9.17, 15) is 0 Å². The van der Waals surface area contributed by atoms with Gasteiger partial charge in [0.05, 0.1) is 6.20 Å². The molecule has 4 nitrogen and oxygen atoms in total. The summed E-state index contributed by atoms with van der Waals surface area (Å²) in [6.07, 6.45) is 7.54. The normalized spacial score (nSPS) is 28.4. The van der Waals surface area contributed by atoms with E-state index in [0.29, 0.717) is 6.04 Å². The maximum Gasteiger partial charge on any atom is 0.157 e. The summed E-state index contributed by atoms with van der Waals surface area (Å²) in [4.78, 5) is 4.56. The van der Waals surface area contributed by atoms with E-state index in [2.05, 4.69) is 29.2 Å². The molecule has 0 aliphatic heterocycles. The first-order valence-electron chi connectivity index (χ1n) is 6.79. The van der Waals surface area contributed by atoms with Crippen LogP contribution in [-0.2, 0) is 0 Å². The molecule has 0 radical (unpaired) electrons. The molecule has 18 heavy (non-hydrogen) atoms. The average Bonchev–Trinajstić information content (AvgIpc) is 2.81. The predicted octanol–water partition coefficient (Wildman–Crippen LogP) is 2.97. The summed E-state index contributed by atoms with van der Waals surface area (Å²) in [5.41, 5.74) is 0.900. The van der Waals surface area contributed by atoms with E-state index in [0.717, 1.165) is 23.3 Å². The highest BCUT2D eigenvalue weighted by Gasteiger charge is 2.24. The number of nitrogens with zero attached hydrogens (tertiary/aromatic N) is 3. The quantitative estimate of drug-likeness (QED) is 0.883. The molecule has 0 saturated heterocycles. The number of anilines is 1. The molecule has 1 N–H and O–H groups in total. The summed E-state index contributed by atoms with van der Waals surface area (Å²) >= 11 is 0. The van der Waals surface area contributed by atoms with E-state index in [1.807, 2.05) is 18.3 Å². The van der Waals surface area contributed by atoms with Crippen molar-refractivity contribution in [3.63, 3.8) is 0 Å². The van der Waals surface area contributed by atoms with Crippen LogP contribution < -0.4 is 5.32 Å². The number of rotatable bonds is 2. The van der Waals surface area contributed by atoms with Crippen LogP contribution in [0.4, 0.5) is 5.82 Å². The second-order valence-electron chi connectivity index (χ2n) is 5.56. The molecule has 2 aromatic rings. The highest BCUT2D eigenvalue weighted by molar-refractivity contribution is 5.45. The van der Waals surface area contributed by atoms with E-state index in [-0.39, 0.29) is 0 Å². The number of nitrogens with one attached hydrogen (secondary N) is 1. The Morgan fingerprint density at radius 3 is 2.94 bits per heavy atom. The number of fused-ring (bicyclic) bond motifs is 1. The zero-order valence-corrected chi connectivity index (χ0v) is 11.0. The molecule has 4 heteroatoms. The van der Waals surface area contributed by atoms with Crippen molar-refractivity contribution in [2.75, 3.05) is 5.32 Å². The number of hydrogen-bond acceptors (Lipinski definition) is 3. The monoisotopic (exact) mass is 244 g/mol. The Balaban J connectivity index is 1.72. The van der Waals surface area contributed by atoms with Crippen LogP contribution in [0.3, 0.4) is 0 Å². The molecular weight excluding hydrogens is 224 g/mol. The van der Waals surface area contributed by atoms with Gasteiger partial charge in [0.1, 0.15) is 5.82 Å². The SMILES string of the molecule is CC1CCC(Nc2ccn3nccc3n2)CC1C. The fourth-order valence-corrected chi connectivity index (χ4v) is 2.78. The van der Waals surface area contributed by atoms with Crippen LogP contribution in [0.2, 0.25) is 0 Å². The highest BCUT2D eigenvalue weighted by atomic mass is 15.2. The Morgan fingerprint density at radius 2 is 2.11 bits per heavy atom. The summed E-state index contributed by atoms with van der Waals surface area (Å²) in [6, 6.07) is 4.49. The van der Waals surface area contributed by atoms with Gasteiger partial charge in [0.25, 0.3) is 0 Å². The summed E-state index contributed by atoms with van der Waals surface area (Å²) in [5, 5.41) is 7.72. The van der Waals surface area contributed by atoms with Crippen LogP contribution in [0.25, 0.3) is 5.65 Å². The van der Waals surface area contributed by atoms with Crippen molar-refractivity contribution in [1.82, 2.24) is 14.6 Å². The van der Waals surface area contributed by atoms with Crippen LogP contribution in [-0.4, -0.2) is 20.6 Å².